The van der Waals surface area contributed by atoms with Gasteiger partial charge >= 0.3 is 5.97 Å². The molecule has 154 valence electrons. The van der Waals surface area contributed by atoms with Crippen LogP contribution in [0.25, 0.3) is 0 Å². The van der Waals surface area contributed by atoms with Crippen LogP contribution in [-0.4, -0.2) is 45.5 Å². The molecule has 3 rings (SSSR count). The SMILES string of the molecule is CCN(CC)Cc1cnc2n1C(c1cccc([N+](=O)[O-])c1)C(C(=O)OC)=C(C)N2. The molecule has 1 N–H and O–H groups in total. The molecule has 1 aromatic carbocycles. The molecule has 2 heterocycles. The van der Waals surface area contributed by atoms with Crippen molar-refractivity contribution in [2.45, 2.75) is 33.4 Å². The van der Waals surface area contributed by atoms with Crippen molar-refractivity contribution in [3.05, 3.63) is 63.1 Å². The minimum absolute atomic E-state index is 0.0325. The maximum Gasteiger partial charge on any atom is 0.337 e. The predicted molar refractivity (Wildman–Crippen MR) is 108 cm³/mol. The number of hydrogen-bond acceptors (Lipinski definition) is 7. The summed E-state index contributed by atoms with van der Waals surface area (Å²) in [6.45, 7) is 8.31. The van der Waals surface area contributed by atoms with E-state index in [1.54, 1.807) is 25.3 Å². The standard InChI is InChI=1S/C20H25N5O4/c1-5-23(6-2)12-16-11-21-20-22-13(3)17(19(26)29-4)18(24(16)20)14-8-7-9-15(10-14)25(27)28/h7-11,18H,5-6,12H2,1-4H3,(H,21,22). The highest BCUT2D eigenvalue weighted by Crippen LogP contribution is 2.38. The van der Waals surface area contributed by atoms with Crippen LogP contribution in [0.15, 0.2) is 41.7 Å². The fourth-order valence-corrected chi connectivity index (χ4v) is 3.64. The van der Waals surface area contributed by atoms with E-state index < -0.39 is 16.9 Å². The molecule has 0 bridgehead atoms. The van der Waals surface area contributed by atoms with Gasteiger partial charge in [-0.15, -0.1) is 0 Å². The van der Waals surface area contributed by atoms with E-state index in [1.807, 2.05) is 4.57 Å². The van der Waals surface area contributed by atoms with Crippen LogP contribution >= 0.6 is 0 Å². The second kappa shape index (κ2) is 8.44. The number of nitrogens with zero attached hydrogens (tertiary/aromatic N) is 4. The summed E-state index contributed by atoms with van der Waals surface area (Å²) in [5, 5.41) is 14.5. The Kier molecular flexibility index (Phi) is 5.97. The normalized spacial score (nSPS) is 15.8. The molecule has 9 heteroatoms. The minimum atomic E-state index is -0.577. The molecular formula is C20H25N5O4. The molecular weight excluding hydrogens is 374 g/mol. The van der Waals surface area contributed by atoms with Crippen molar-refractivity contribution >= 4 is 17.6 Å². The Bertz CT molecular complexity index is 962. The lowest BCUT2D eigenvalue weighted by atomic mass is 9.94. The zero-order chi connectivity index (χ0) is 21.1. The van der Waals surface area contributed by atoms with Crippen LogP contribution in [0.4, 0.5) is 11.6 Å². The molecule has 29 heavy (non-hydrogen) atoms. The largest absolute Gasteiger partial charge is 0.466 e. The van der Waals surface area contributed by atoms with Crippen molar-refractivity contribution in [3.63, 3.8) is 0 Å². The van der Waals surface area contributed by atoms with Gasteiger partial charge in [0.05, 0.1) is 35.5 Å². The average molecular weight is 399 g/mol. The number of aromatic nitrogens is 2. The van der Waals surface area contributed by atoms with Gasteiger partial charge in [-0.05, 0) is 25.6 Å². The Morgan fingerprint density at radius 2 is 2.10 bits per heavy atom. The fraction of sp³-hybridized carbons (Fsp3) is 0.400. The molecule has 0 saturated carbocycles. The summed E-state index contributed by atoms with van der Waals surface area (Å²) in [6.07, 6.45) is 1.78. The summed E-state index contributed by atoms with van der Waals surface area (Å²) in [4.78, 5) is 30.3. The number of anilines is 1. The number of ether oxygens (including phenoxy) is 1. The molecule has 1 aliphatic heterocycles. The Morgan fingerprint density at radius 3 is 2.72 bits per heavy atom. The lowest BCUT2D eigenvalue weighted by Crippen LogP contribution is -2.31. The molecule has 0 spiro atoms. The molecule has 0 saturated heterocycles. The first-order valence-electron chi connectivity index (χ1n) is 9.50. The minimum Gasteiger partial charge on any atom is -0.466 e. The van der Waals surface area contributed by atoms with E-state index in [0.717, 1.165) is 18.8 Å². The molecule has 0 aliphatic carbocycles. The maximum atomic E-state index is 12.7. The van der Waals surface area contributed by atoms with E-state index >= 15 is 0 Å². The van der Waals surface area contributed by atoms with E-state index in [2.05, 4.69) is 29.0 Å². The zero-order valence-corrected chi connectivity index (χ0v) is 17.0. The molecule has 1 aromatic heterocycles. The number of nitrogens with one attached hydrogen (secondary N) is 1. The molecule has 1 aliphatic rings. The number of methoxy groups -OCH3 is 1. The van der Waals surface area contributed by atoms with Crippen molar-refractivity contribution < 1.29 is 14.5 Å². The molecule has 1 atom stereocenters. The van der Waals surface area contributed by atoms with Gasteiger partial charge in [-0.2, -0.15) is 0 Å². The van der Waals surface area contributed by atoms with Gasteiger partial charge in [0.2, 0.25) is 5.95 Å². The number of benzene rings is 1. The molecule has 9 nitrogen and oxygen atoms in total. The van der Waals surface area contributed by atoms with E-state index in [4.69, 9.17) is 4.74 Å². The third-order valence-electron chi connectivity index (χ3n) is 5.19. The Morgan fingerprint density at radius 1 is 1.38 bits per heavy atom. The second-order valence-electron chi connectivity index (χ2n) is 6.81. The van der Waals surface area contributed by atoms with Crippen molar-refractivity contribution in [2.75, 3.05) is 25.5 Å². The van der Waals surface area contributed by atoms with E-state index in [1.165, 1.54) is 19.2 Å². The van der Waals surface area contributed by atoms with E-state index in [-0.39, 0.29) is 5.69 Å². The van der Waals surface area contributed by atoms with Gasteiger partial charge in [-0.1, -0.05) is 26.0 Å². The second-order valence-corrected chi connectivity index (χ2v) is 6.81. The number of non-ortho nitro benzene ring substituents is 1. The van der Waals surface area contributed by atoms with E-state index in [9.17, 15) is 14.9 Å². The Labute approximate surface area is 169 Å². The number of nitro benzene ring substituents is 1. The number of carbonyl (C=O) groups is 1. The van der Waals surface area contributed by atoms with Crippen LogP contribution in [0.2, 0.25) is 0 Å². The van der Waals surface area contributed by atoms with Gasteiger partial charge in [0.15, 0.2) is 0 Å². The summed E-state index contributed by atoms with van der Waals surface area (Å²) in [6, 6.07) is 5.76. The quantitative estimate of drug-likeness (QED) is 0.433. The third-order valence-corrected chi connectivity index (χ3v) is 5.19. The average Bonchev–Trinajstić information content (AvgIpc) is 3.12. The highest BCUT2D eigenvalue weighted by molar-refractivity contribution is 5.92. The number of carbonyl (C=O) groups excluding carboxylic acids is 1. The zero-order valence-electron chi connectivity index (χ0n) is 17.0. The topological polar surface area (TPSA) is 103 Å². The van der Waals surface area contributed by atoms with Crippen molar-refractivity contribution in [1.82, 2.24) is 14.5 Å². The van der Waals surface area contributed by atoms with Crippen LogP contribution in [0, 0.1) is 10.1 Å². The number of hydrogen-bond donors (Lipinski definition) is 1. The molecule has 0 amide bonds. The van der Waals surface area contributed by atoms with Gasteiger partial charge in [-0.25, -0.2) is 9.78 Å². The first-order valence-corrected chi connectivity index (χ1v) is 9.50. The number of nitro groups is 1. The van der Waals surface area contributed by atoms with Gasteiger partial charge in [-0.3, -0.25) is 15.0 Å². The highest BCUT2D eigenvalue weighted by atomic mass is 16.6. The van der Waals surface area contributed by atoms with Crippen LogP contribution in [0.5, 0.6) is 0 Å². The van der Waals surface area contributed by atoms with Crippen LogP contribution < -0.4 is 5.32 Å². The van der Waals surface area contributed by atoms with E-state index in [0.29, 0.717) is 29.3 Å². The summed E-state index contributed by atoms with van der Waals surface area (Å²) in [7, 11) is 1.33. The Hall–Kier alpha value is -3.20. The highest BCUT2D eigenvalue weighted by Gasteiger charge is 2.35. The predicted octanol–water partition coefficient (Wildman–Crippen LogP) is 3.10. The molecule has 0 radical (unpaired) electrons. The number of esters is 1. The molecule has 0 fully saturated rings. The molecule has 2 aromatic rings. The number of fused-ring (bicyclic) bond motifs is 1. The van der Waals surface area contributed by atoms with Crippen LogP contribution in [-0.2, 0) is 16.1 Å². The fourth-order valence-electron chi connectivity index (χ4n) is 3.64. The van der Waals surface area contributed by atoms with Crippen molar-refractivity contribution in [2.24, 2.45) is 0 Å². The van der Waals surface area contributed by atoms with Crippen molar-refractivity contribution in [1.29, 1.82) is 0 Å². The van der Waals surface area contributed by atoms with Gasteiger partial charge in [0, 0.05) is 24.4 Å². The summed E-state index contributed by atoms with van der Waals surface area (Å²) < 4.78 is 6.96. The van der Waals surface area contributed by atoms with Crippen molar-refractivity contribution in [3.8, 4) is 0 Å². The number of imidazole rings is 1. The molecule has 1 unspecified atom stereocenters. The van der Waals surface area contributed by atoms with Gasteiger partial charge < -0.3 is 14.6 Å². The van der Waals surface area contributed by atoms with Crippen LogP contribution in [0.1, 0.15) is 38.1 Å². The third kappa shape index (κ3) is 3.86. The summed E-state index contributed by atoms with van der Waals surface area (Å²) >= 11 is 0. The first kappa shape index (κ1) is 20.5. The van der Waals surface area contributed by atoms with Gasteiger partial charge in [0.25, 0.3) is 5.69 Å². The monoisotopic (exact) mass is 399 g/mol. The smallest absolute Gasteiger partial charge is 0.337 e. The lowest BCUT2D eigenvalue weighted by Gasteiger charge is -2.31. The Balaban J connectivity index is 2.19. The van der Waals surface area contributed by atoms with Gasteiger partial charge in [0.1, 0.15) is 0 Å². The lowest BCUT2D eigenvalue weighted by molar-refractivity contribution is -0.384. The first-order chi connectivity index (χ1) is 13.9. The number of rotatable bonds is 7. The maximum absolute atomic E-state index is 12.7. The summed E-state index contributed by atoms with van der Waals surface area (Å²) in [5.41, 5.74) is 2.51. The van der Waals surface area contributed by atoms with Crippen LogP contribution in [0.3, 0.4) is 0 Å². The summed E-state index contributed by atoms with van der Waals surface area (Å²) in [5.74, 6) is 0.105. The number of allylic oxidation sites excluding steroid dienone is 1.